The van der Waals surface area contributed by atoms with Crippen LogP contribution in [0.4, 0.5) is 5.69 Å². The Morgan fingerprint density at radius 2 is 1.75 bits per heavy atom. The zero-order valence-electron chi connectivity index (χ0n) is 11.4. The smallest absolute Gasteiger partial charge is 0.187 e. The molecule has 0 spiro atoms. The molecule has 0 aliphatic rings. The summed E-state index contributed by atoms with van der Waals surface area (Å²) >= 11 is 0. The minimum Gasteiger partial charge on any atom is -0.497 e. The Kier molecular flexibility index (Phi) is 3.99. The summed E-state index contributed by atoms with van der Waals surface area (Å²) in [6.45, 7) is 1.66. The van der Waals surface area contributed by atoms with E-state index in [4.69, 9.17) is 10.5 Å². The predicted molar refractivity (Wildman–Crippen MR) is 79.4 cm³/mol. The van der Waals surface area contributed by atoms with Crippen LogP contribution in [0, 0.1) is 0 Å². The molecule has 106 valence electrons. The largest absolute Gasteiger partial charge is 0.497 e. The molecule has 0 aromatic heterocycles. The van der Waals surface area contributed by atoms with Crippen molar-refractivity contribution in [2.24, 2.45) is 0 Å². The van der Waals surface area contributed by atoms with Crippen LogP contribution in [0.3, 0.4) is 0 Å². The molecule has 1 atom stereocenters. The van der Waals surface area contributed by atoms with Gasteiger partial charge in [0.25, 0.3) is 0 Å². The third-order valence-electron chi connectivity index (χ3n) is 3.26. The first-order valence-electron chi connectivity index (χ1n) is 6.19. The van der Waals surface area contributed by atoms with Crippen molar-refractivity contribution in [1.82, 2.24) is 0 Å². The molecule has 0 aliphatic carbocycles. The van der Waals surface area contributed by atoms with Gasteiger partial charge in [0.2, 0.25) is 0 Å². The average Bonchev–Trinajstić information content (AvgIpc) is 2.47. The van der Waals surface area contributed by atoms with Gasteiger partial charge in [0, 0.05) is 6.07 Å². The minimum atomic E-state index is -3.56. The Labute approximate surface area is 119 Å². The Morgan fingerprint density at radius 1 is 1.10 bits per heavy atom. The van der Waals surface area contributed by atoms with Crippen molar-refractivity contribution in [3.63, 3.8) is 0 Å². The summed E-state index contributed by atoms with van der Waals surface area (Å²) < 4.78 is 30.4. The number of ether oxygens (including phenoxy) is 1. The van der Waals surface area contributed by atoms with Gasteiger partial charge in [0.05, 0.1) is 22.9 Å². The number of rotatable bonds is 4. The number of benzene rings is 2. The number of methoxy groups -OCH3 is 1. The molecule has 0 bridgehead atoms. The molecule has 2 aromatic carbocycles. The highest BCUT2D eigenvalue weighted by Crippen LogP contribution is 2.33. The van der Waals surface area contributed by atoms with E-state index >= 15 is 0 Å². The Balaban J connectivity index is 2.50. The number of hydrogen-bond donors (Lipinski definition) is 1. The summed E-state index contributed by atoms with van der Waals surface area (Å²) in [6.07, 6.45) is 0. The van der Waals surface area contributed by atoms with Crippen LogP contribution in [0.15, 0.2) is 53.4 Å². The van der Waals surface area contributed by atoms with Crippen LogP contribution in [-0.2, 0) is 9.84 Å². The van der Waals surface area contributed by atoms with Crippen molar-refractivity contribution < 1.29 is 13.2 Å². The van der Waals surface area contributed by atoms with Crippen molar-refractivity contribution in [3.05, 3.63) is 54.1 Å². The van der Waals surface area contributed by atoms with Gasteiger partial charge in [-0.15, -0.1) is 0 Å². The van der Waals surface area contributed by atoms with E-state index in [-0.39, 0.29) is 10.6 Å². The molecular formula is C15H17NO3S. The highest BCUT2D eigenvalue weighted by Gasteiger charge is 2.27. The normalized spacial score (nSPS) is 12.9. The van der Waals surface area contributed by atoms with Crippen molar-refractivity contribution in [2.45, 2.75) is 17.1 Å². The van der Waals surface area contributed by atoms with Crippen LogP contribution in [0.1, 0.15) is 17.7 Å². The predicted octanol–water partition coefficient (Wildman–Crippen LogP) is 2.81. The highest BCUT2D eigenvalue weighted by atomic mass is 32.2. The zero-order chi connectivity index (χ0) is 14.8. The van der Waals surface area contributed by atoms with Crippen LogP contribution in [0.5, 0.6) is 5.75 Å². The van der Waals surface area contributed by atoms with E-state index in [9.17, 15) is 8.42 Å². The number of hydrogen-bond acceptors (Lipinski definition) is 4. The van der Waals surface area contributed by atoms with Crippen molar-refractivity contribution >= 4 is 15.5 Å². The summed E-state index contributed by atoms with van der Waals surface area (Å²) in [6, 6.07) is 13.7. The number of nitrogens with two attached hydrogens (primary N) is 1. The van der Waals surface area contributed by atoms with Gasteiger partial charge in [-0.1, -0.05) is 30.3 Å². The quantitative estimate of drug-likeness (QED) is 0.879. The fraction of sp³-hybridized carbons (Fsp3) is 0.200. The average molecular weight is 291 g/mol. The summed E-state index contributed by atoms with van der Waals surface area (Å²) in [4.78, 5) is 0.105. The SMILES string of the molecule is COc1ccc(N)c(S(=O)(=O)C(C)c2ccccc2)c1. The maximum absolute atomic E-state index is 12.7. The zero-order valence-corrected chi connectivity index (χ0v) is 12.2. The van der Waals surface area contributed by atoms with E-state index in [1.54, 1.807) is 31.2 Å². The second-order valence-electron chi connectivity index (χ2n) is 4.50. The first kappa shape index (κ1) is 14.4. The van der Waals surface area contributed by atoms with Gasteiger partial charge in [-0.25, -0.2) is 8.42 Å². The maximum atomic E-state index is 12.7. The van der Waals surface area contributed by atoms with E-state index in [0.29, 0.717) is 5.75 Å². The molecule has 0 heterocycles. The molecule has 0 aliphatic heterocycles. The Bertz CT molecular complexity index is 696. The first-order valence-corrected chi connectivity index (χ1v) is 7.74. The molecule has 0 radical (unpaired) electrons. The van der Waals surface area contributed by atoms with E-state index in [2.05, 4.69) is 0 Å². The number of sulfone groups is 1. The molecule has 0 amide bonds. The maximum Gasteiger partial charge on any atom is 0.187 e. The lowest BCUT2D eigenvalue weighted by Crippen LogP contribution is -2.12. The van der Waals surface area contributed by atoms with Gasteiger partial charge in [0.1, 0.15) is 5.75 Å². The van der Waals surface area contributed by atoms with Gasteiger partial charge >= 0.3 is 0 Å². The van der Waals surface area contributed by atoms with Gasteiger partial charge in [-0.2, -0.15) is 0 Å². The third kappa shape index (κ3) is 2.63. The molecule has 0 saturated carbocycles. The van der Waals surface area contributed by atoms with Gasteiger partial charge < -0.3 is 10.5 Å². The van der Waals surface area contributed by atoms with Crippen LogP contribution < -0.4 is 10.5 Å². The third-order valence-corrected chi connectivity index (χ3v) is 5.43. The van der Waals surface area contributed by atoms with Crippen LogP contribution in [-0.4, -0.2) is 15.5 Å². The second-order valence-corrected chi connectivity index (χ2v) is 6.74. The fourth-order valence-corrected chi connectivity index (χ4v) is 3.56. The highest BCUT2D eigenvalue weighted by molar-refractivity contribution is 7.91. The summed E-state index contributed by atoms with van der Waals surface area (Å²) in [5.41, 5.74) is 6.77. The molecule has 1 unspecified atom stereocenters. The molecule has 2 rings (SSSR count). The van der Waals surface area contributed by atoms with E-state index in [1.807, 2.05) is 18.2 Å². The summed E-state index contributed by atoms with van der Waals surface area (Å²) in [5, 5.41) is -0.668. The first-order chi connectivity index (χ1) is 9.46. The molecule has 20 heavy (non-hydrogen) atoms. The van der Waals surface area contributed by atoms with E-state index in [1.165, 1.54) is 13.2 Å². The molecule has 2 N–H and O–H groups in total. The standard InChI is InChI=1S/C15H17NO3S/c1-11(12-6-4-3-5-7-12)20(17,18)15-10-13(19-2)8-9-14(15)16/h3-11H,16H2,1-2H3. The second kappa shape index (κ2) is 5.54. The lowest BCUT2D eigenvalue weighted by atomic mass is 10.2. The monoisotopic (exact) mass is 291 g/mol. The van der Waals surface area contributed by atoms with Crippen LogP contribution in [0.2, 0.25) is 0 Å². The Morgan fingerprint density at radius 3 is 2.35 bits per heavy atom. The van der Waals surface area contributed by atoms with Gasteiger partial charge in [-0.05, 0) is 24.6 Å². The molecule has 5 heteroatoms. The van der Waals surface area contributed by atoms with Crippen molar-refractivity contribution in [1.29, 1.82) is 0 Å². The van der Waals surface area contributed by atoms with E-state index in [0.717, 1.165) is 5.56 Å². The fourth-order valence-electron chi connectivity index (χ4n) is 1.98. The van der Waals surface area contributed by atoms with Crippen molar-refractivity contribution in [2.75, 3.05) is 12.8 Å². The molecule has 4 nitrogen and oxygen atoms in total. The van der Waals surface area contributed by atoms with Gasteiger partial charge in [-0.3, -0.25) is 0 Å². The Hall–Kier alpha value is -2.01. The molecule has 0 fully saturated rings. The van der Waals surface area contributed by atoms with Crippen molar-refractivity contribution in [3.8, 4) is 5.75 Å². The van der Waals surface area contributed by atoms with E-state index < -0.39 is 15.1 Å². The van der Waals surface area contributed by atoms with Gasteiger partial charge in [0.15, 0.2) is 9.84 Å². The van der Waals surface area contributed by atoms with Crippen LogP contribution in [0.25, 0.3) is 0 Å². The molecule has 0 saturated heterocycles. The summed E-state index contributed by atoms with van der Waals surface area (Å²) in [7, 11) is -2.07. The topological polar surface area (TPSA) is 69.4 Å². The number of nitrogen functional groups attached to an aromatic ring is 1. The molecule has 2 aromatic rings. The summed E-state index contributed by atoms with van der Waals surface area (Å²) in [5.74, 6) is 0.470. The lowest BCUT2D eigenvalue weighted by Gasteiger charge is -2.15. The van der Waals surface area contributed by atoms with Crippen LogP contribution >= 0.6 is 0 Å². The minimum absolute atomic E-state index is 0.105. The number of anilines is 1. The molecular weight excluding hydrogens is 274 g/mol. The lowest BCUT2D eigenvalue weighted by molar-refractivity contribution is 0.413.